The van der Waals surface area contributed by atoms with Gasteiger partial charge in [-0.15, -0.1) is 0 Å². The van der Waals surface area contributed by atoms with E-state index in [-0.39, 0.29) is 5.75 Å². The summed E-state index contributed by atoms with van der Waals surface area (Å²) in [6, 6.07) is 16.2. The lowest BCUT2D eigenvalue weighted by molar-refractivity contribution is 0.112. The number of benzene rings is 3. The lowest BCUT2D eigenvalue weighted by Crippen LogP contribution is -1.84. The lowest BCUT2D eigenvalue weighted by atomic mass is 10.00. The molecule has 0 saturated heterocycles. The summed E-state index contributed by atoms with van der Waals surface area (Å²) >= 11 is 6.46. The van der Waals surface area contributed by atoms with E-state index in [0.717, 1.165) is 28.2 Å². The number of hydrogen-bond donors (Lipinski definition) is 1. The molecule has 0 unspecified atom stereocenters. The van der Waals surface area contributed by atoms with Crippen molar-refractivity contribution in [3.8, 4) is 16.9 Å². The highest BCUT2D eigenvalue weighted by Crippen LogP contribution is 2.35. The minimum atomic E-state index is 0.223. The van der Waals surface area contributed by atoms with Gasteiger partial charge in [-0.05, 0) is 29.1 Å². The molecule has 0 aliphatic carbocycles. The van der Waals surface area contributed by atoms with Gasteiger partial charge in [0.25, 0.3) is 0 Å². The van der Waals surface area contributed by atoms with Crippen molar-refractivity contribution in [3.05, 3.63) is 65.2 Å². The Morgan fingerprint density at radius 2 is 1.70 bits per heavy atom. The largest absolute Gasteiger partial charge is 0.508 e. The molecule has 0 heterocycles. The highest BCUT2D eigenvalue weighted by Gasteiger charge is 2.08. The number of carbonyl (C=O) groups is 1. The minimum absolute atomic E-state index is 0.223. The number of carbonyl (C=O) groups excluding carboxylic acids is 1. The van der Waals surface area contributed by atoms with E-state index in [9.17, 15) is 9.90 Å². The molecule has 20 heavy (non-hydrogen) atoms. The summed E-state index contributed by atoms with van der Waals surface area (Å²) in [7, 11) is 0. The van der Waals surface area contributed by atoms with Crippen molar-refractivity contribution >= 4 is 28.7 Å². The van der Waals surface area contributed by atoms with Gasteiger partial charge >= 0.3 is 0 Å². The molecule has 98 valence electrons. The van der Waals surface area contributed by atoms with Crippen molar-refractivity contribution in [2.45, 2.75) is 0 Å². The second-order valence-electron chi connectivity index (χ2n) is 4.57. The van der Waals surface area contributed by atoms with Crippen molar-refractivity contribution in [2.24, 2.45) is 0 Å². The maximum Gasteiger partial charge on any atom is 0.150 e. The van der Waals surface area contributed by atoms with E-state index < -0.39 is 0 Å². The zero-order chi connectivity index (χ0) is 14.1. The third-order valence-corrected chi connectivity index (χ3v) is 3.70. The van der Waals surface area contributed by atoms with Crippen molar-refractivity contribution in [3.63, 3.8) is 0 Å². The molecular formula is C17H11ClO2. The first kappa shape index (κ1) is 12.7. The average Bonchev–Trinajstić information content (AvgIpc) is 2.48. The first-order chi connectivity index (χ1) is 9.69. The maximum atomic E-state index is 10.8. The van der Waals surface area contributed by atoms with Gasteiger partial charge in [0.05, 0.1) is 5.02 Å². The van der Waals surface area contributed by atoms with Gasteiger partial charge in [-0.1, -0.05) is 48.0 Å². The van der Waals surface area contributed by atoms with Crippen molar-refractivity contribution in [2.75, 3.05) is 0 Å². The summed E-state index contributed by atoms with van der Waals surface area (Å²) in [5, 5.41) is 11.8. The molecular weight excluding hydrogens is 272 g/mol. The van der Waals surface area contributed by atoms with Crippen molar-refractivity contribution in [1.29, 1.82) is 0 Å². The van der Waals surface area contributed by atoms with E-state index in [1.54, 1.807) is 18.2 Å². The molecule has 0 spiro atoms. The fourth-order valence-electron chi connectivity index (χ4n) is 2.25. The Morgan fingerprint density at radius 3 is 2.40 bits per heavy atom. The quantitative estimate of drug-likeness (QED) is 0.693. The van der Waals surface area contributed by atoms with Gasteiger partial charge in [-0.2, -0.15) is 0 Å². The maximum absolute atomic E-state index is 10.8. The van der Waals surface area contributed by atoms with Gasteiger partial charge in [0.1, 0.15) is 12.0 Å². The summed E-state index contributed by atoms with van der Waals surface area (Å²) < 4.78 is 0. The van der Waals surface area contributed by atoms with E-state index in [2.05, 4.69) is 0 Å². The Balaban J connectivity index is 2.20. The second-order valence-corrected chi connectivity index (χ2v) is 4.95. The number of aromatic hydroxyl groups is 1. The number of hydrogen-bond acceptors (Lipinski definition) is 2. The smallest absolute Gasteiger partial charge is 0.150 e. The standard InChI is InChI=1S/C17H11ClO2/c18-17-15(12-2-5-14(20)6-3-12)8-4-13-9-11(10-19)1-7-16(13)17/h1-10,20H. The molecule has 3 heteroatoms. The van der Waals surface area contributed by atoms with E-state index in [4.69, 9.17) is 11.6 Å². The lowest BCUT2D eigenvalue weighted by Gasteiger charge is -2.08. The second kappa shape index (κ2) is 4.99. The highest BCUT2D eigenvalue weighted by atomic mass is 35.5. The highest BCUT2D eigenvalue weighted by molar-refractivity contribution is 6.38. The Hall–Kier alpha value is -2.32. The van der Waals surface area contributed by atoms with Crippen LogP contribution in [0.1, 0.15) is 10.4 Å². The summed E-state index contributed by atoms with van der Waals surface area (Å²) in [5.74, 6) is 0.223. The topological polar surface area (TPSA) is 37.3 Å². The molecule has 3 aromatic carbocycles. The molecule has 2 nitrogen and oxygen atoms in total. The van der Waals surface area contributed by atoms with Crippen LogP contribution in [0.2, 0.25) is 5.02 Å². The van der Waals surface area contributed by atoms with E-state index in [1.165, 1.54) is 0 Å². The molecule has 0 saturated carbocycles. The van der Waals surface area contributed by atoms with Crippen LogP contribution in [0, 0.1) is 0 Å². The van der Waals surface area contributed by atoms with Gasteiger partial charge in [-0.25, -0.2) is 0 Å². The van der Waals surface area contributed by atoms with Gasteiger partial charge in [0.2, 0.25) is 0 Å². The molecule has 0 amide bonds. The summed E-state index contributed by atoms with van der Waals surface area (Å²) in [4.78, 5) is 10.8. The molecule has 0 aliphatic rings. The molecule has 3 rings (SSSR count). The van der Waals surface area contributed by atoms with Gasteiger partial charge in [0.15, 0.2) is 0 Å². The van der Waals surface area contributed by atoms with Crippen molar-refractivity contribution < 1.29 is 9.90 Å². The number of phenolic OH excluding ortho intramolecular Hbond substituents is 1. The zero-order valence-corrected chi connectivity index (χ0v) is 11.3. The van der Waals surface area contributed by atoms with Crippen LogP contribution in [0.25, 0.3) is 21.9 Å². The third-order valence-electron chi connectivity index (χ3n) is 3.29. The van der Waals surface area contributed by atoms with E-state index in [0.29, 0.717) is 10.6 Å². The number of halogens is 1. The van der Waals surface area contributed by atoms with Crippen molar-refractivity contribution in [1.82, 2.24) is 0 Å². The zero-order valence-electron chi connectivity index (χ0n) is 10.5. The molecule has 3 aromatic rings. The Morgan fingerprint density at radius 1 is 0.950 bits per heavy atom. The Bertz CT molecular complexity index is 792. The number of aldehydes is 1. The fraction of sp³-hybridized carbons (Fsp3) is 0. The molecule has 0 aromatic heterocycles. The van der Waals surface area contributed by atoms with Gasteiger partial charge in [-0.3, -0.25) is 4.79 Å². The number of phenols is 1. The number of rotatable bonds is 2. The average molecular weight is 283 g/mol. The first-order valence-electron chi connectivity index (χ1n) is 6.16. The number of fused-ring (bicyclic) bond motifs is 1. The first-order valence-corrected chi connectivity index (χ1v) is 6.54. The summed E-state index contributed by atoms with van der Waals surface area (Å²) in [6.07, 6.45) is 0.821. The van der Waals surface area contributed by atoms with Crippen LogP contribution in [-0.2, 0) is 0 Å². The van der Waals surface area contributed by atoms with Gasteiger partial charge in [0, 0.05) is 16.5 Å². The monoisotopic (exact) mass is 282 g/mol. The Kier molecular flexibility index (Phi) is 3.17. The van der Waals surface area contributed by atoms with Crippen LogP contribution >= 0.6 is 11.6 Å². The minimum Gasteiger partial charge on any atom is -0.508 e. The van der Waals surface area contributed by atoms with E-state index in [1.807, 2.05) is 36.4 Å². The third kappa shape index (κ3) is 2.15. The molecule has 0 aliphatic heterocycles. The van der Waals surface area contributed by atoms with E-state index >= 15 is 0 Å². The molecule has 0 bridgehead atoms. The van der Waals surface area contributed by atoms with Gasteiger partial charge < -0.3 is 5.11 Å². The Labute approximate surface area is 121 Å². The predicted molar refractivity (Wildman–Crippen MR) is 81.4 cm³/mol. The SMILES string of the molecule is O=Cc1ccc2c(Cl)c(-c3ccc(O)cc3)ccc2c1. The molecule has 1 N–H and O–H groups in total. The van der Waals surface area contributed by atoms with Crippen LogP contribution in [0.15, 0.2) is 54.6 Å². The molecule has 0 atom stereocenters. The molecule has 0 fully saturated rings. The fourth-order valence-corrected chi connectivity index (χ4v) is 2.59. The predicted octanol–water partition coefficient (Wildman–Crippen LogP) is 4.68. The summed E-state index contributed by atoms with van der Waals surface area (Å²) in [5.41, 5.74) is 2.47. The summed E-state index contributed by atoms with van der Waals surface area (Å²) in [6.45, 7) is 0. The van der Waals surface area contributed by atoms with Crippen LogP contribution in [0.4, 0.5) is 0 Å². The molecule has 0 radical (unpaired) electrons. The van der Waals surface area contributed by atoms with Crippen LogP contribution in [-0.4, -0.2) is 11.4 Å². The van der Waals surface area contributed by atoms with Crippen LogP contribution < -0.4 is 0 Å². The van der Waals surface area contributed by atoms with Crippen LogP contribution in [0.5, 0.6) is 5.75 Å². The van der Waals surface area contributed by atoms with Crippen LogP contribution in [0.3, 0.4) is 0 Å². The normalized spacial score (nSPS) is 10.7.